The summed E-state index contributed by atoms with van der Waals surface area (Å²) in [5.41, 5.74) is 14.6. The predicted octanol–water partition coefficient (Wildman–Crippen LogP) is 1.24. The van der Waals surface area contributed by atoms with Gasteiger partial charge in [0.1, 0.15) is 18.5 Å². The zero-order valence-corrected chi connectivity index (χ0v) is 14.1. The smallest absolute Gasteiger partial charge is 0.169 e. The van der Waals surface area contributed by atoms with Crippen LogP contribution in [0.2, 0.25) is 0 Å². The van der Waals surface area contributed by atoms with Gasteiger partial charge < -0.3 is 16.2 Å². The highest BCUT2D eigenvalue weighted by Crippen LogP contribution is 2.33. The van der Waals surface area contributed by atoms with Crippen molar-refractivity contribution in [2.45, 2.75) is 6.54 Å². The molecule has 1 aliphatic rings. The Balaban J connectivity index is 1.81. The van der Waals surface area contributed by atoms with Crippen molar-refractivity contribution in [1.29, 1.82) is 5.41 Å². The van der Waals surface area contributed by atoms with Crippen LogP contribution in [0.15, 0.2) is 46.8 Å². The van der Waals surface area contributed by atoms with E-state index in [1.807, 2.05) is 36.1 Å². The summed E-state index contributed by atoms with van der Waals surface area (Å²) in [6.45, 7) is 0.496. The van der Waals surface area contributed by atoms with Gasteiger partial charge in [0.2, 0.25) is 0 Å². The lowest BCUT2D eigenvalue weighted by Gasteiger charge is -2.13. The zero-order valence-electron chi connectivity index (χ0n) is 14.1. The molecule has 1 aliphatic heterocycles. The van der Waals surface area contributed by atoms with Gasteiger partial charge in [-0.25, -0.2) is 14.6 Å². The number of benzene rings is 1. The Morgan fingerprint density at radius 1 is 1.24 bits per heavy atom. The van der Waals surface area contributed by atoms with E-state index in [2.05, 4.69) is 10.1 Å². The van der Waals surface area contributed by atoms with Crippen molar-refractivity contribution in [3.63, 3.8) is 0 Å². The van der Waals surface area contributed by atoms with Gasteiger partial charge in [0, 0.05) is 18.2 Å². The van der Waals surface area contributed by atoms with Crippen LogP contribution in [0, 0.1) is 5.41 Å². The maximum absolute atomic E-state index is 8.28. The van der Waals surface area contributed by atoms with E-state index < -0.39 is 0 Å². The third-order valence-corrected chi connectivity index (χ3v) is 3.82. The first-order valence-electron chi connectivity index (χ1n) is 7.64. The lowest BCUT2D eigenvalue weighted by atomic mass is 10.2. The summed E-state index contributed by atoms with van der Waals surface area (Å²) in [6, 6.07) is 7.22. The Hall–Kier alpha value is -3.42. The molecule has 0 spiro atoms. The van der Waals surface area contributed by atoms with Gasteiger partial charge in [-0.15, -0.1) is 0 Å². The van der Waals surface area contributed by atoms with Gasteiger partial charge in [-0.05, 0) is 11.6 Å². The van der Waals surface area contributed by atoms with Crippen molar-refractivity contribution < 1.29 is 9.30 Å². The molecule has 0 atom stereocenters. The molecule has 128 valence electrons. The minimum Gasteiger partial charge on any atom is -0.495 e. The van der Waals surface area contributed by atoms with Crippen LogP contribution in [-0.2, 0) is 13.6 Å². The van der Waals surface area contributed by atoms with Crippen LogP contribution in [0.3, 0.4) is 0 Å². The molecule has 0 aliphatic carbocycles. The molecule has 0 saturated heterocycles. The summed E-state index contributed by atoms with van der Waals surface area (Å²) < 4.78 is 7.14. The van der Waals surface area contributed by atoms with Crippen molar-refractivity contribution in [3.05, 3.63) is 42.2 Å². The Morgan fingerprint density at radius 2 is 1.96 bits per heavy atom. The minimum atomic E-state index is 0.211. The van der Waals surface area contributed by atoms with Crippen molar-refractivity contribution >= 4 is 34.8 Å². The van der Waals surface area contributed by atoms with Crippen molar-refractivity contribution in [2.24, 2.45) is 17.1 Å². The number of nitrogens with one attached hydrogen (secondary N) is 1. The summed E-state index contributed by atoms with van der Waals surface area (Å²) >= 11 is 0. The Labute approximate surface area is 145 Å². The number of nitrogens with zero attached hydrogens (tertiary/aromatic N) is 4. The highest BCUT2D eigenvalue weighted by Gasteiger charge is 2.21. The van der Waals surface area contributed by atoms with Crippen LogP contribution < -0.4 is 20.8 Å². The topological polar surface area (TPSA) is 117 Å². The zero-order chi connectivity index (χ0) is 18.0. The van der Waals surface area contributed by atoms with Crippen molar-refractivity contribution in [1.82, 2.24) is 5.01 Å². The van der Waals surface area contributed by atoms with Gasteiger partial charge >= 0.3 is 0 Å². The van der Waals surface area contributed by atoms with Crippen LogP contribution in [-0.4, -0.2) is 29.9 Å². The van der Waals surface area contributed by atoms with E-state index in [9.17, 15) is 0 Å². The fourth-order valence-electron chi connectivity index (χ4n) is 2.39. The lowest BCUT2D eigenvalue weighted by Crippen LogP contribution is -2.28. The molecule has 3 rings (SSSR count). The molecule has 5 N–H and O–H groups in total. The number of rotatable bonds is 4. The fraction of sp³-hybridized carbons (Fsp3) is 0.176. The third kappa shape index (κ3) is 3.42. The van der Waals surface area contributed by atoms with Crippen LogP contribution in [0.25, 0.3) is 0 Å². The number of nitrogens with two attached hydrogens (primary N) is 2. The molecular weight excluding hydrogens is 318 g/mol. The van der Waals surface area contributed by atoms with E-state index in [1.54, 1.807) is 23.4 Å². The first-order valence-corrected chi connectivity index (χ1v) is 7.64. The molecule has 0 unspecified atom stereocenters. The molecule has 8 heteroatoms. The number of amidine groups is 1. The number of nitrogen functional groups attached to an aromatic ring is 2. The number of pyridine rings is 1. The number of hydrazone groups is 1. The monoisotopic (exact) mass is 338 g/mol. The minimum absolute atomic E-state index is 0.211. The van der Waals surface area contributed by atoms with Crippen LogP contribution in [0.1, 0.15) is 5.56 Å². The highest BCUT2D eigenvalue weighted by molar-refractivity contribution is 6.63. The Bertz CT molecular complexity index is 871. The van der Waals surface area contributed by atoms with E-state index >= 15 is 0 Å². The number of aryl methyl sites for hydroxylation is 1. The van der Waals surface area contributed by atoms with Gasteiger partial charge in [0.25, 0.3) is 0 Å². The predicted molar refractivity (Wildman–Crippen MR) is 98.3 cm³/mol. The SMILES string of the molecule is COc1cc(N=C2C=NN(Cc3cc[n+](C)cc3)C2=N)c(N)cc1N. The Kier molecular flexibility index (Phi) is 4.34. The number of methoxy groups -OCH3 is 1. The molecule has 25 heavy (non-hydrogen) atoms. The standard InChI is InChI=1S/C17H20N7O/c1-23-5-3-11(4-6-23)10-24-17(20)15(9-21-24)22-14-8-16(25-2)13(19)7-12(14)18/h3-9,20H,10,18-19H2,1-2H3/q+1. The molecule has 2 aromatic rings. The summed E-state index contributed by atoms with van der Waals surface area (Å²) in [4.78, 5) is 4.43. The molecule has 0 radical (unpaired) electrons. The van der Waals surface area contributed by atoms with Crippen LogP contribution >= 0.6 is 0 Å². The summed E-state index contributed by atoms with van der Waals surface area (Å²) in [6.07, 6.45) is 5.46. The normalized spacial score (nSPS) is 15.2. The first kappa shape index (κ1) is 16.4. The summed E-state index contributed by atoms with van der Waals surface area (Å²) in [5, 5.41) is 14.1. The van der Waals surface area contributed by atoms with E-state index in [0.29, 0.717) is 35.1 Å². The quantitative estimate of drug-likeness (QED) is 0.574. The van der Waals surface area contributed by atoms with Gasteiger partial charge in [-0.2, -0.15) is 5.10 Å². The number of hydrogen-bond donors (Lipinski definition) is 3. The second kappa shape index (κ2) is 6.60. The van der Waals surface area contributed by atoms with E-state index in [0.717, 1.165) is 5.56 Å². The molecule has 0 bridgehead atoms. The van der Waals surface area contributed by atoms with Gasteiger partial charge in [0.05, 0.1) is 36.9 Å². The van der Waals surface area contributed by atoms with Gasteiger partial charge in [-0.3, -0.25) is 5.41 Å². The Morgan fingerprint density at radius 3 is 2.64 bits per heavy atom. The van der Waals surface area contributed by atoms with E-state index in [4.69, 9.17) is 21.6 Å². The van der Waals surface area contributed by atoms with Crippen LogP contribution in [0.4, 0.5) is 17.1 Å². The second-order valence-corrected chi connectivity index (χ2v) is 5.67. The van der Waals surface area contributed by atoms with E-state index in [-0.39, 0.29) is 5.84 Å². The molecule has 0 fully saturated rings. The summed E-state index contributed by atoms with van der Waals surface area (Å²) in [5.74, 6) is 0.701. The molecule has 2 heterocycles. The number of aromatic nitrogens is 1. The number of ether oxygens (including phenoxy) is 1. The highest BCUT2D eigenvalue weighted by atomic mass is 16.5. The van der Waals surface area contributed by atoms with Crippen molar-refractivity contribution in [2.75, 3.05) is 18.6 Å². The van der Waals surface area contributed by atoms with Gasteiger partial charge in [0.15, 0.2) is 18.2 Å². The van der Waals surface area contributed by atoms with E-state index in [1.165, 1.54) is 7.11 Å². The molecule has 1 aromatic heterocycles. The lowest BCUT2D eigenvalue weighted by molar-refractivity contribution is -0.671. The molecular formula is C17H20N7O+. The largest absolute Gasteiger partial charge is 0.495 e. The second-order valence-electron chi connectivity index (χ2n) is 5.67. The maximum atomic E-state index is 8.28. The number of hydrogen-bond acceptors (Lipinski definition) is 6. The molecule has 8 nitrogen and oxygen atoms in total. The fourth-order valence-corrected chi connectivity index (χ4v) is 2.39. The number of aliphatic imine (C=N–C) groups is 1. The van der Waals surface area contributed by atoms with Crippen molar-refractivity contribution in [3.8, 4) is 5.75 Å². The first-order chi connectivity index (χ1) is 12.0. The maximum Gasteiger partial charge on any atom is 0.169 e. The van der Waals surface area contributed by atoms with Gasteiger partial charge in [-0.1, -0.05) is 0 Å². The molecule has 0 saturated carbocycles. The third-order valence-electron chi connectivity index (χ3n) is 3.82. The molecule has 1 aromatic carbocycles. The molecule has 0 amide bonds. The van der Waals surface area contributed by atoms with Crippen LogP contribution in [0.5, 0.6) is 5.75 Å². The average molecular weight is 338 g/mol. The average Bonchev–Trinajstić information content (AvgIpc) is 2.92. The number of anilines is 2. The summed E-state index contributed by atoms with van der Waals surface area (Å²) in [7, 11) is 3.48.